The van der Waals surface area contributed by atoms with Crippen molar-refractivity contribution in [2.45, 2.75) is 31.2 Å². The van der Waals surface area contributed by atoms with E-state index in [1.807, 2.05) is 4.90 Å². The Hall–Kier alpha value is -1.15. The Labute approximate surface area is 155 Å². The summed E-state index contributed by atoms with van der Waals surface area (Å²) in [6.45, 7) is 8.89. The smallest absolute Gasteiger partial charge is 0.253 e. The van der Waals surface area contributed by atoms with Crippen molar-refractivity contribution >= 4 is 28.3 Å². The Bertz CT molecular complexity index is 717. The molecule has 8 heteroatoms. The molecule has 2 fully saturated rings. The van der Waals surface area contributed by atoms with Gasteiger partial charge in [0.2, 0.25) is 10.0 Å². The Morgan fingerprint density at radius 2 is 1.64 bits per heavy atom. The van der Waals surface area contributed by atoms with Crippen LogP contribution in [-0.2, 0) is 10.0 Å². The first-order valence-corrected chi connectivity index (χ1v) is 9.78. The van der Waals surface area contributed by atoms with Crippen molar-refractivity contribution < 1.29 is 13.2 Å². The van der Waals surface area contributed by atoms with Crippen molar-refractivity contribution in [3.05, 3.63) is 29.8 Å². The number of halogens is 1. The van der Waals surface area contributed by atoms with Crippen molar-refractivity contribution in [2.75, 3.05) is 26.2 Å². The summed E-state index contributed by atoms with van der Waals surface area (Å²) in [6.07, 6.45) is 0. The minimum absolute atomic E-state index is 0. The van der Waals surface area contributed by atoms with Crippen LogP contribution >= 0.6 is 12.4 Å². The monoisotopic (exact) mass is 387 g/mol. The first-order chi connectivity index (χ1) is 11.2. The van der Waals surface area contributed by atoms with E-state index in [2.05, 4.69) is 10.0 Å². The van der Waals surface area contributed by atoms with Gasteiger partial charge in [-0.3, -0.25) is 4.79 Å². The van der Waals surface area contributed by atoms with Crippen molar-refractivity contribution in [3.8, 4) is 0 Å². The van der Waals surface area contributed by atoms with Gasteiger partial charge in [-0.15, -0.1) is 12.4 Å². The lowest BCUT2D eigenvalue weighted by Crippen LogP contribution is -2.40. The summed E-state index contributed by atoms with van der Waals surface area (Å²) < 4.78 is 27.2. The van der Waals surface area contributed by atoms with E-state index in [1.165, 1.54) is 12.1 Å². The lowest BCUT2D eigenvalue weighted by molar-refractivity contribution is 0.0781. The van der Waals surface area contributed by atoms with Crippen molar-refractivity contribution in [1.29, 1.82) is 0 Å². The molecule has 6 nitrogen and oxygen atoms in total. The molecule has 0 aliphatic carbocycles. The van der Waals surface area contributed by atoms with Gasteiger partial charge in [0.1, 0.15) is 0 Å². The molecule has 2 N–H and O–H groups in total. The van der Waals surface area contributed by atoms with E-state index >= 15 is 0 Å². The van der Waals surface area contributed by atoms with Gasteiger partial charge in [0, 0.05) is 37.3 Å². The Kier molecular flexibility index (Phi) is 5.83. The van der Waals surface area contributed by atoms with E-state index in [0.29, 0.717) is 17.4 Å². The molecule has 25 heavy (non-hydrogen) atoms. The summed E-state index contributed by atoms with van der Waals surface area (Å²) >= 11 is 0. The van der Waals surface area contributed by atoms with Crippen LogP contribution < -0.4 is 10.0 Å². The third-order valence-electron chi connectivity index (χ3n) is 4.53. The zero-order chi connectivity index (χ0) is 17.5. The highest BCUT2D eigenvalue weighted by Crippen LogP contribution is 2.27. The molecule has 0 aromatic heterocycles. The summed E-state index contributed by atoms with van der Waals surface area (Å²) in [4.78, 5) is 14.7. The number of amides is 1. The molecule has 2 saturated heterocycles. The summed E-state index contributed by atoms with van der Waals surface area (Å²) in [5, 5.41) is 3.35. The fourth-order valence-electron chi connectivity index (χ4n) is 3.44. The predicted octanol–water partition coefficient (Wildman–Crippen LogP) is 1.48. The van der Waals surface area contributed by atoms with Crippen LogP contribution in [0.5, 0.6) is 0 Å². The first-order valence-electron chi connectivity index (χ1n) is 8.30. The Balaban J connectivity index is 0.00000225. The average Bonchev–Trinajstić information content (AvgIpc) is 3.05. The lowest BCUT2D eigenvalue weighted by atomic mass is 10.0. The fourth-order valence-corrected chi connectivity index (χ4v) is 4.86. The Morgan fingerprint density at radius 1 is 1.12 bits per heavy atom. The van der Waals surface area contributed by atoms with Gasteiger partial charge in [0.05, 0.1) is 4.90 Å². The van der Waals surface area contributed by atoms with Gasteiger partial charge in [-0.1, -0.05) is 0 Å². The molecule has 0 saturated carbocycles. The number of hydrogen-bond acceptors (Lipinski definition) is 4. The minimum Gasteiger partial charge on any atom is -0.338 e. The number of hydrogen-bond donors (Lipinski definition) is 2. The molecule has 0 spiro atoms. The van der Waals surface area contributed by atoms with Crippen LogP contribution in [0.15, 0.2) is 29.2 Å². The van der Waals surface area contributed by atoms with Crippen LogP contribution in [0.3, 0.4) is 0 Å². The van der Waals surface area contributed by atoms with Gasteiger partial charge < -0.3 is 10.2 Å². The number of likely N-dealkylation sites (tertiary alicyclic amines) is 1. The van der Waals surface area contributed by atoms with Gasteiger partial charge >= 0.3 is 0 Å². The van der Waals surface area contributed by atoms with E-state index in [-0.39, 0.29) is 23.2 Å². The molecule has 2 atom stereocenters. The van der Waals surface area contributed by atoms with E-state index in [0.717, 1.165) is 26.2 Å². The largest absolute Gasteiger partial charge is 0.338 e. The van der Waals surface area contributed by atoms with Crippen LogP contribution in [0, 0.1) is 11.8 Å². The Morgan fingerprint density at radius 3 is 2.12 bits per heavy atom. The van der Waals surface area contributed by atoms with Gasteiger partial charge in [-0.2, -0.15) is 0 Å². The van der Waals surface area contributed by atoms with E-state index in [1.54, 1.807) is 32.9 Å². The van der Waals surface area contributed by atoms with E-state index < -0.39 is 15.6 Å². The number of carbonyl (C=O) groups excluding carboxylic acids is 1. The minimum atomic E-state index is -3.58. The number of nitrogens with one attached hydrogen (secondary N) is 2. The first kappa shape index (κ1) is 20.2. The second-order valence-corrected chi connectivity index (χ2v) is 9.45. The number of benzene rings is 1. The normalized spacial score (nSPS) is 23.2. The van der Waals surface area contributed by atoms with Crippen LogP contribution in [-0.4, -0.2) is 50.9 Å². The molecular formula is C17H26ClN3O3S. The standard InChI is InChI=1S/C17H25N3O3S.ClH/c1-17(2,3)19-24(22,23)15-6-4-12(5-7-15)16(21)20-10-13-8-18-9-14(13)11-20;/h4-7,13-14,18-19H,8-11H2,1-3H3;1H/t13-,14+;. The topological polar surface area (TPSA) is 78.5 Å². The third-order valence-corrected chi connectivity index (χ3v) is 6.30. The van der Waals surface area contributed by atoms with Gasteiger partial charge in [-0.05, 0) is 56.9 Å². The molecule has 1 aromatic rings. The molecular weight excluding hydrogens is 362 g/mol. The number of sulfonamides is 1. The SMILES string of the molecule is CC(C)(C)NS(=O)(=O)c1ccc(C(=O)N2C[C@H]3CNC[C@H]3C2)cc1.Cl. The van der Waals surface area contributed by atoms with Crippen molar-refractivity contribution in [3.63, 3.8) is 0 Å². The second-order valence-electron chi connectivity index (χ2n) is 7.77. The van der Waals surface area contributed by atoms with Gasteiger partial charge in [0.15, 0.2) is 0 Å². The molecule has 0 unspecified atom stereocenters. The van der Waals surface area contributed by atoms with Crippen LogP contribution in [0.4, 0.5) is 0 Å². The van der Waals surface area contributed by atoms with Crippen LogP contribution in [0.25, 0.3) is 0 Å². The third kappa shape index (κ3) is 4.53. The number of nitrogens with zero attached hydrogens (tertiary/aromatic N) is 1. The molecule has 140 valence electrons. The molecule has 3 rings (SSSR count). The number of fused-ring (bicyclic) bond motifs is 1. The average molecular weight is 388 g/mol. The van der Waals surface area contributed by atoms with Crippen LogP contribution in [0.2, 0.25) is 0 Å². The maximum absolute atomic E-state index is 12.6. The molecule has 0 bridgehead atoms. The van der Waals surface area contributed by atoms with Crippen LogP contribution in [0.1, 0.15) is 31.1 Å². The number of rotatable bonds is 3. The van der Waals surface area contributed by atoms with E-state index in [4.69, 9.17) is 0 Å². The number of carbonyl (C=O) groups is 1. The van der Waals surface area contributed by atoms with Crippen molar-refractivity contribution in [1.82, 2.24) is 14.9 Å². The summed E-state index contributed by atoms with van der Waals surface area (Å²) in [5.41, 5.74) is -0.00745. The molecule has 2 heterocycles. The maximum atomic E-state index is 12.6. The zero-order valence-corrected chi connectivity index (χ0v) is 16.4. The molecule has 1 amide bonds. The van der Waals surface area contributed by atoms with E-state index in [9.17, 15) is 13.2 Å². The fraction of sp³-hybridized carbons (Fsp3) is 0.588. The molecule has 0 radical (unpaired) electrons. The van der Waals surface area contributed by atoms with Gasteiger partial charge in [-0.25, -0.2) is 13.1 Å². The zero-order valence-electron chi connectivity index (χ0n) is 14.8. The molecule has 2 aliphatic heterocycles. The summed E-state index contributed by atoms with van der Waals surface area (Å²) in [5.74, 6) is 1.08. The highest BCUT2D eigenvalue weighted by molar-refractivity contribution is 7.89. The second kappa shape index (κ2) is 7.23. The predicted molar refractivity (Wildman–Crippen MR) is 99.5 cm³/mol. The highest BCUT2D eigenvalue weighted by atomic mass is 35.5. The molecule has 1 aromatic carbocycles. The molecule has 2 aliphatic rings. The van der Waals surface area contributed by atoms with Crippen molar-refractivity contribution in [2.24, 2.45) is 11.8 Å². The lowest BCUT2D eigenvalue weighted by Gasteiger charge is -2.21. The maximum Gasteiger partial charge on any atom is 0.253 e. The van der Waals surface area contributed by atoms with Gasteiger partial charge in [0.25, 0.3) is 5.91 Å². The highest BCUT2D eigenvalue weighted by Gasteiger charge is 2.38. The summed E-state index contributed by atoms with van der Waals surface area (Å²) in [6, 6.07) is 6.21. The summed E-state index contributed by atoms with van der Waals surface area (Å²) in [7, 11) is -3.58. The quantitative estimate of drug-likeness (QED) is 0.823.